The first-order chi connectivity index (χ1) is 18.0. The number of ether oxygens (including phenoxy) is 1. The van der Waals surface area contributed by atoms with E-state index in [1.165, 1.54) is 6.33 Å². The van der Waals surface area contributed by atoms with E-state index in [1.54, 1.807) is 0 Å². The molecule has 4 aliphatic heterocycles. The quantitative estimate of drug-likeness (QED) is 0.478. The van der Waals surface area contributed by atoms with Crippen molar-refractivity contribution in [3.63, 3.8) is 0 Å². The Morgan fingerprint density at radius 2 is 1.90 bits per heavy atom. The Hall–Kier alpha value is -2.74. The number of aliphatic imine (C=N–C) groups is 1. The molecule has 3 atom stereocenters. The van der Waals surface area contributed by atoms with Crippen molar-refractivity contribution in [2.24, 2.45) is 16.1 Å². The van der Waals surface area contributed by atoms with Gasteiger partial charge in [-0.3, -0.25) is 10.1 Å². The minimum absolute atomic E-state index is 0. The number of pyridine rings is 1. The lowest BCUT2D eigenvalue weighted by Crippen LogP contribution is -2.50. The van der Waals surface area contributed by atoms with E-state index in [4.69, 9.17) is 30.4 Å². The van der Waals surface area contributed by atoms with Gasteiger partial charge in [-0.05, 0) is 38.3 Å². The van der Waals surface area contributed by atoms with E-state index in [0.29, 0.717) is 18.3 Å². The first-order valence-corrected chi connectivity index (χ1v) is 13.2. The van der Waals surface area contributed by atoms with E-state index in [9.17, 15) is 0 Å². The number of H-pyrrole nitrogens is 1. The van der Waals surface area contributed by atoms with Crippen LogP contribution in [0, 0.1) is 5.41 Å². The second-order valence-corrected chi connectivity index (χ2v) is 10.8. The zero-order chi connectivity index (χ0) is 25.1. The van der Waals surface area contributed by atoms with Crippen LogP contribution in [0.3, 0.4) is 0 Å². The van der Waals surface area contributed by atoms with Crippen molar-refractivity contribution in [3.8, 4) is 11.5 Å². The van der Waals surface area contributed by atoms with E-state index >= 15 is 0 Å². The van der Waals surface area contributed by atoms with Gasteiger partial charge in [-0.15, -0.1) is 0 Å². The molecule has 0 saturated carbocycles. The number of aromatic nitrogens is 6. The van der Waals surface area contributed by atoms with Crippen LogP contribution >= 0.6 is 27.0 Å². The van der Waals surface area contributed by atoms with Crippen molar-refractivity contribution in [2.45, 2.75) is 57.7 Å². The largest absolute Gasteiger partial charge is 0.376 e. The zero-order valence-electron chi connectivity index (χ0n) is 22.3. The fraction of sp³-hybridized carbons (Fsp3) is 0.538. The average Bonchev–Trinajstić information content (AvgIpc) is 3.67. The van der Waals surface area contributed by atoms with Crippen molar-refractivity contribution >= 4 is 44.3 Å². The molecule has 11 nitrogen and oxygen atoms in total. The van der Waals surface area contributed by atoms with E-state index in [0.717, 1.165) is 85.6 Å². The maximum Gasteiger partial charge on any atom is 0.174 e. The topological polar surface area (TPSA) is 134 Å². The highest BCUT2D eigenvalue weighted by Crippen LogP contribution is 2.42. The van der Waals surface area contributed by atoms with Gasteiger partial charge in [-0.1, -0.05) is 6.92 Å². The predicted molar refractivity (Wildman–Crippen MR) is 160 cm³/mol. The third-order valence-corrected chi connectivity index (χ3v) is 8.71. The molecular formula is C26H36N10OS2. The van der Waals surface area contributed by atoms with Gasteiger partial charge in [0.05, 0.1) is 42.5 Å². The zero-order valence-corrected chi connectivity index (χ0v) is 24.3. The first kappa shape index (κ1) is 27.8. The summed E-state index contributed by atoms with van der Waals surface area (Å²) in [6.07, 6.45) is 6.57. The summed E-state index contributed by atoms with van der Waals surface area (Å²) < 4.78 is 5.88. The number of fused-ring (bicyclic) bond motifs is 2. The molecule has 7 heterocycles. The standard InChI is InChI=1S/C26H32N10O.2H2S/c1-15-5-8-36(19-4-3-17(33-21(15)19)24-30-14-31-34-24)25-22-18(11-29-25)32-20(12-28-22)35-9-6-26(7-10-35)13-37-16(2)23(26)27;;/h3-4,12,14-16,23H,5-11,13,27H2,1-2H3,(H,30,31,34);2*1H2/t15-,16-,23+;;/m0../s1. The molecule has 0 amide bonds. The predicted octanol–water partition coefficient (Wildman–Crippen LogP) is 2.49. The lowest BCUT2D eigenvalue weighted by molar-refractivity contribution is 0.0974. The van der Waals surface area contributed by atoms with Crippen molar-refractivity contribution in [1.82, 2.24) is 30.1 Å². The molecular weight excluding hydrogens is 532 g/mol. The molecule has 4 aliphatic rings. The number of hydrogen-bond donors (Lipinski definition) is 2. The third-order valence-electron chi connectivity index (χ3n) is 8.71. The monoisotopic (exact) mass is 568 g/mol. The SMILES string of the molecule is C[C@@H]1OCC2(CCN(c3cnc4c(n3)CN=C4N3CC[C@H](C)c4nc(-c5ncn[nH]5)ccc43)CC2)[C@@H]1N.S.S. The molecule has 0 bridgehead atoms. The molecule has 0 unspecified atom stereocenters. The van der Waals surface area contributed by atoms with Crippen LogP contribution in [0.4, 0.5) is 11.5 Å². The van der Waals surface area contributed by atoms with Crippen molar-refractivity contribution in [3.05, 3.63) is 41.7 Å². The minimum Gasteiger partial charge on any atom is -0.376 e. The van der Waals surface area contributed by atoms with Crippen LogP contribution in [0.5, 0.6) is 0 Å². The Balaban J connectivity index is 0.00000154. The van der Waals surface area contributed by atoms with Crippen LogP contribution in [-0.2, 0) is 11.3 Å². The summed E-state index contributed by atoms with van der Waals surface area (Å²) in [4.78, 5) is 28.6. The molecule has 39 heavy (non-hydrogen) atoms. The Morgan fingerprint density at radius 3 is 2.62 bits per heavy atom. The highest BCUT2D eigenvalue weighted by Gasteiger charge is 2.47. The highest BCUT2D eigenvalue weighted by molar-refractivity contribution is 7.59. The van der Waals surface area contributed by atoms with E-state index in [2.05, 4.69) is 44.9 Å². The third kappa shape index (κ3) is 4.58. The second kappa shape index (κ2) is 10.7. The van der Waals surface area contributed by atoms with Gasteiger partial charge in [0, 0.05) is 37.0 Å². The number of nitrogens with zero attached hydrogens (tertiary/aromatic N) is 8. The Bertz CT molecular complexity index is 1360. The molecule has 0 aromatic carbocycles. The molecule has 0 aliphatic carbocycles. The normalized spacial score (nSPS) is 25.0. The van der Waals surface area contributed by atoms with Crippen LogP contribution in [0.15, 0.2) is 29.6 Å². The number of piperidine rings is 1. The summed E-state index contributed by atoms with van der Waals surface area (Å²) in [7, 11) is 0. The number of aromatic amines is 1. The molecule has 3 aromatic heterocycles. The maximum absolute atomic E-state index is 6.50. The second-order valence-electron chi connectivity index (χ2n) is 10.8. The molecule has 2 fully saturated rings. The molecule has 208 valence electrons. The number of hydrogen-bond acceptors (Lipinski definition) is 10. The minimum atomic E-state index is 0. The van der Waals surface area contributed by atoms with Crippen LogP contribution in [0.1, 0.15) is 56.1 Å². The van der Waals surface area contributed by atoms with Gasteiger partial charge in [-0.25, -0.2) is 19.9 Å². The fourth-order valence-corrected chi connectivity index (χ4v) is 6.28. The van der Waals surface area contributed by atoms with Gasteiger partial charge in [0.2, 0.25) is 0 Å². The Kier molecular flexibility index (Phi) is 7.61. The number of amidine groups is 1. The van der Waals surface area contributed by atoms with Crippen LogP contribution < -0.4 is 15.5 Å². The van der Waals surface area contributed by atoms with Gasteiger partial charge in [0.15, 0.2) is 11.7 Å². The molecule has 13 heteroatoms. The Morgan fingerprint density at radius 1 is 1.08 bits per heavy atom. The molecule has 2 saturated heterocycles. The number of rotatable bonds is 2. The summed E-state index contributed by atoms with van der Waals surface area (Å²) in [6, 6.07) is 4.20. The maximum atomic E-state index is 6.50. The number of nitrogens with one attached hydrogen (secondary N) is 1. The van der Waals surface area contributed by atoms with Gasteiger partial charge >= 0.3 is 0 Å². The van der Waals surface area contributed by atoms with Crippen LogP contribution in [0.25, 0.3) is 11.5 Å². The van der Waals surface area contributed by atoms with Crippen LogP contribution in [-0.4, -0.2) is 74.4 Å². The van der Waals surface area contributed by atoms with Gasteiger partial charge in [0.1, 0.15) is 23.5 Å². The number of nitrogens with two attached hydrogens (primary N) is 1. The van der Waals surface area contributed by atoms with Crippen molar-refractivity contribution in [2.75, 3.05) is 36.0 Å². The van der Waals surface area contributed by atoms with Crippen molar-refractivity contribution in [1.29, 1.82) is 0 Å². The molecule has 1 spiro atoms. The summed E-state index contributed by atoms with van der Waals surface area (Å²) in [5.41, 5.74) is 11.3. The summed E-state index contributed by atoms with van der Waals surface area (Å²) in [5.74, 6) is 2.83. The van der Waals surface area contributed by atoms with Gasteiger partial charge in [-0.2, -0.15) is 32.1 Å². The van der Waals surface area contributed by atoms with E-state index in [1.807, 2.05) is 12.3 Å². The first-order valence-electron chi connectivity index (χ1n) is 13.2. The van der Waals surface area contributed by atoms with Gasteiger partial charge in [0.25, 0.3) is 0 Å². The lowest BCUT2D eigenvalue weighted by atomic mass is 9.73. The lowest BCUT2D eigenvalue weighted by Gasteiger charge is -2.41. The smallest absolute Gasteiger partial charge is 0.174 e. The summed E-state index contributed by atoms with van der Waals surface area (Å²) in [5, 5.41) is 6.87. The number of anilines is 2. The summed E-state index contributed by atoms with van der Waals surface area (Å²) >= 11 is 0. The molecule has 7 rings (SSSR count). The molecule has 3 aromatic rings. The molecule has 0 radical (unpaired) electrons. The Labute approximate surface area is 242 Å². The van der Waals surface area contributed by atoms with E-state index < -0.39 is 0 Å². The average molecular weight is 569 g/mol. The fourth-order valence-electron chi connectivity index (χ4n) is 6.28. The van der Waals surface area contributed by atoms with Crippen molar-refractivity contribution < 1.29 is 4.74 Å². The summed E-state index contributed by atoms with van der Waals surface area (Å²) in [6.45, 7) is 8.32. The van der Waals surface area contributed by atoms with Gasteiger partial charge < -0.3 is 20.3 Å². The van der Waals surface area contributed by atoms with Crippen LogP contribution in [0.2, 0.25) is 0 Å². The van der Waals surface area contributed by atoms with E-state index in [-0.39, 0.29) is 44.6 Å². The molecule has 3 N–H and O–H groups in total. The highest BCUT2D eigenvalue weighted by atomic mass is 32.1.